The number of hydrogen-bond donors (Lipinski definition) is 6. The minimum atomic E-state index is -5.08. The highest BCUT2D eigenvalue weighted by atomic mass is 32.3. The van der Waals surface area contributed by atoms with Crippen LogP contribution in [0.1, 0.15) is 341 Å². The summed E-state index contributed by atoms with van der Waals surface area (Å²) in [5, 5.41) is 45.3. The highest BCUT2D eigenvalue weighted by Crippen LogP contribution is 2.27. The van der Waals surface area contributed by atoms with Crippen LogP contribution in [0.5, 0.6) is 0 Å². The SMILES string of the molecule is CCCCCCCCCCC/C=C\C/C=C\CCCCCCCCCCCCCCCCCCCC(=O)NC(COC1OC(CO)C(O)C(OS(=O)(=O)O)C1O)C(O)CCCCCCCCCCCCCCCCCCCCCC. The first-order valence-electron chi connectivity index (χ1n) is 34.2. The van der Waals surface area contributed by atoms with Gasteiger partial charge in [-0.2, -0.15) is 8.42 Å². The lowest BCUT2D eigenvalue weighted by Gasteiger charge is -2.41. The number of allylic oxidation sites excluding steroid dienone is 4. The fraction of sp³-hybridized carbons (Fsp3) is 0.925. The minimum Gasteiger partial charge on any atom is -0.394 e. The fourth-order valence-corrected chi connectivity index (χ4v) is 11.8. The van der Waals surface area contributed by atoms with Crippen molar-refractivity contribution >= 4 is 16.3 Å². The molecule has 6 N–H and O–H groups in total. The van der Waals surface area contributed by atoms with E-state index < -0.39 is 59.9 Å². The summed E-state index contributed by atoms with van der Waals surface area (Å²) in [5.74, 6) is -0.223. The zero-order valence-electron chi connectivity index (χ0n) is 51.9. The predicted molar refractivity (Wildman–Crippen MR) is 333 cm³/mol. The minimum absolute atomic E-state index is 0.223. The van der Waals surface area contributed by atoms with Crippen LogP contribution in [-0.2, 0) is 28.9 Å². The zero-order chi connectivity index (χ0) is 58.3. The van der Waals surface area contributed by atoms with E-state index in [4.69, 9.17) is 9.47 Å². The lowest BCUT2D eigenvalue weighted by Crippen LogP contribution is -2.61. The molecule has 0 saturated carbocycles. The highest BCUT2D eigenvalue weighted by molar-refractivity contribution is 7.80. The van der Waals surface area contributed by atoms with E-state index in [0.717, 1.165) is 57.8 Å². The number of hydrogen-bond acceptors (Lipinski definition) is 10. The van der Waals surface area contributed by atoms with Crippen LogP contribution in [0.15, 0.2) is 24.3 Å². The summed E-state index contributed by atoms with van der Waals surface area (Å²) >= 11 is 0. The lowest BCUT2D eigenvalue weighted by atomic mass is 9.99. The van der Waals surface area contributed by atoms with E-state index in [9.17, 15) is 38.2 Å². The van der Waals surface area contributed by atoms with Crippen molar-refractivity contribution in [3.05, 3.63) is 24.3 Å². The van der Waals surface area contributed by atoms with Crippen molar-refractivity contribution in [1.82, 2.24) is 5.32 Å². The molecule has 0 aromatic rings. The van der Waals surface area contributed by atoms with E-state index in [-0.39, 0.29) is 12.5 Å². The zero-order valence-corrected chi connectivity index (χ0v) is 52.7. The first-order valence-corrected chi connectivity index (χ1v) is 35.6. The third-order valence-corrected chi connectivity index (χ3v) is 17.0. The normalized spacial score (nSPS) is 18.7. The Hall–Kier alpha value is -1.42. The summed E-state index contributed by atoms with van der Waals surface area (Å²) in [6, 6.07) is -0.858. The van der Waals surface area contributed by atoms with Crippen molar-refractivity contribution in [2.75, 3.05) is 13.2 Å². The molecular formula is C67H129NO11S. The van der Waals surface area contributed by atoms with Gasteiger partial charge in [0.05, 0.1) is 25.4 Å². The summed E-state index contributed by atoms with van der Waals surface area (Å²) in [6.07, 6.45) is 63.5. The van der Waals surface area contributed by atoms with Crippen LogP contribution in [0.2, 0.25) is 0 Å². The molecule has 0 bridgehead atoms. The Labute approximate surface area is 493 Å². The molecule has 7 unspecified atom stereocenters. The van der Waals surface area contributed by atoms with Gasteiger partial charge >= 0.3 is 10.4 Å². The Morgan fingerprint density at radius 2 is 0.838 bits per heavy atom. The number of amides is 1. The third kappa shape index (κ3) is 47.9. The molecule has 0 aromatic heterocycles. The maximum atomic E-state index is 13.2. The van der Waals surface area contributed by atoms with Crippen LogP contribution in [-0.4, -0.2) is 95.4 Å². The highest BCUT2D eigenvalue weighted by Gasteiger charge is 2.48. The summed E-state index contributed by atoms with van der Waals surface area (Å²) in [4.78, 5) is 13.2. The summed E-state index contributed by atoms with van der Waals surface area (Å²) in [6.45, 7) is 3.51. The molecule has 1 fully saturated rings. The number of ether oxygens (including phenoxy) is 2. The second kappa shape index (κ2) is 56.7. The monoisotopic (exact) mass is 1160 g/mol. The van der Waals surface area contributed by atoms with Gasteiger partial charge in [-0.15, -0.1) is 0 Å². The summed E-state index contributed by atoms with van der Waals surface area (Å²) < 4.78 is 48.1. The number of nitrogens with one attached hydrogen (secondary N) is 1. The van der Waals surface area contributed by atoms with E-state index in [0.29, 0.717) is 12.8 Å². The topological polar surface area (TPSA) is 192 Å². The van der Waals surface area contributed by atoms with Crippen molar-refractivity contribution in [2.45, 2.75) is 384 Å². The molecule has 474 valence electrons. The second-order valence-electron chi connectivity index (χ2n) is 24.1. The summed E-state index contributed by atoms with van der Waals surface area (Å²) in [5.41, 5.74) is 0. The van der Waals surface area contributed by atoms with Gasteiger partial charge in [-0.25, -0.2) is 4.18 Å². The van der Waals surface area contributed by atoms with Gasteiger partial charge in [0.2, 0.25) is 5.91 Å². The molecule has 0 radical (unpaired) electrons. The molecule has 0 aliphatic carbocycles. The van der Waals surface area contributed by atoms with Gasteiger partial charge in [-0.05, 0) is 44.9 Å². The van der Waals surface area contributed by atoms with Crippen molar-refractivity contribution < 1.29 is 51.8 Å². The molecule has 7 atom stereocenters. The Morgan fingerprint density at radius 3 is 1.19 bits per heavy atom. The first-order chi connectivity index (χ1) is 39.0. The molecule has 1 amide bonds. The molecule has 1 heterocycles. The van der Waals surface area contributed by atoms with Gasteiger partial charge in [0.25, 0.3) is 0 Å². The number of carbonyl (C=O) groups is 1. The number of aliphatic hydroxyl groups is 4. The third-order valence-electron chi connectivity index (χ3n) is 16.5. The molecule has 0 spiro atoms. The van der Waals surface area contributed by atoms with Crippen molar-refractivity contribution in [3.63, 3.8) is 0 Å². The summed E-state index contributed by atoms with van der Waals surface area (Å²) in [7, 11) is -5.08. The van der Waals surface area contributed by atoms with Gasteiger partial charge in [0, 0.05) is 6.42 Å². The van der Waals surface area contributed by atoms with Crippen LogP contribution in [0.3, 0.4) is 0 Å². The van der Waals surface area contributed by atoms with Gasteiger partial charge in [-0.3, -0.25) is 9.35 Å². The Balaban J connectivity index is 2.22. The van der Waals surface area contributed by atoms with Crippen LogP contribution in [0, 0.1) is 0 Å². The van der Waals surface area contributed by atoms with E-state index in [2.05, 4.69) is 47.7 Å². The van der Waals surface area contributed by atoms with E-state index in [1.54, 1.807) is 0 Å². The molecule has 80 heavy (non-hydrogen) atoms. The number of aliphatic hydroxyl groups excluding tert-OH is 4. The van der Waals surface area contributed by atoms with Crippen LogP contribution in [0.4, 0.5) is 0 Å². The van der Waals surface area contributed by atoms with Crippen molar-refractivity contribution in [3.8, 4) is 0 Å². The molecule has 13 heteroatoms. The van der Waals surface area contributed by atoms with E-state index in [1.807, 2.05) is 0 Å². The maximum Gasteiger partial charge on any atom is 0.397 e. The van der Waals surface area contributed by atoms with Gasteiger partial charge in [0.1, 0.15) is 24.4 Å². The molecule has 1 rings (SSSR count). The second-order valence-corrected chi connectivity index (χ2v) is 25.2. The molecular weight excluding hydrogens is 1030 g/mol. The largest absolute Gasteiger partial charge is 0.397 e. The van der Waals surface area contributed by atoms with E-state index >= 15 is 0 Å². The quantitative estimate of drug-likeness (QED) is 0.0193. The molecule has 12 nitrogen and oxygen atoms in total. The smallest absolute Gasteiger partial charge is 0.394 e. The molecule has 0 aromatic carbocycles. The number of rotatable bonds is 61. The predicted octanol–water partition coefficient (Wildman–Crippen LogP) is 17.5. The van der Waals surface area contributed by atoms with E-state index in [1.165, 1.54) is 257 Å². The lowest BCUT2D eigenvalue weighted by molar-refractivity contribution is -0.298. The van der Waals surface area contributed by atoms with Gasteiger partial charge < -0.3 is 35.2 Å². The standard InChI is InChI=1S/C67H129NO11S/c1-3-5-7-9-11-13-15-17-19-21-23-25-26-27-28-29-30-31-32-33-34-35-36-37-39-41-43-45-47-49-51-53-55-57-63(71)68-60(59-77-67-65(73)66(79-80(74,75)76)64(72)62(58-69)78-67)61(70)56-54-52-50-48-46-44-42-40-38-24-22-20-18-16-14-12-10-8-6-4-2/h23,25,27-28,60-62,64-67,69-70,72-73H,3-22,24,26,29-59H2,1-2H3,(H,68,71)(H,74,75,76)/b25-23-,28-27-. The van der Waals surface area contributed by atoms with Crippen molar-refractivity contribution in [2.24, 2.45) is 0 Å². The van der Waals surface area contributed by atoms with Gasteiger partial charge in [-0.1, -0.05) is 314 Å². The van der Waals surface area contributed by atoms with Crippen LogP contribution < -0.4 is 5.32 Å². The van der Waals surface area contributed by atoms with Crippen molar-refractivity contribution in [1.29, 1.82) is 0 Å². The van der Waals surface area contributed by atoms with Crippen LogP contribution >= 0.6 is 0 Å². The fourth-order valence-electron chi connectivity index (χ4n) is 11.3. The molecule has 1 aliphatic rings. The van der Waals surface area contributed by atoms with Crippen LogP contribution in [0.25, 0.3) is 0 Å². The first kappa shape index (κ1) is 76.6. The maximum absolute atomic E-state index is 13.2. The number of carbonyl (C=O) groups excluding carboxylic acids is 1. The molecule has 1 aliphatic heterocycles. The number of unbranched alkanes of at least 4 members (excludes halogenated alkanes) is 45. The Kier molecular flexibility index (Phi) is 54.3. The average Bonchev–Trinajstić information content (AvgIpc) is 3.43. The Bertz CT molecular complexity index is 1500. The Morgan fingerprint density at radius 1 is 0.500 bits per heavy atom. The van der Waals surface area contributed by atoms with Gasteiger partial charge in [0.15, 0.2) is 6.29 Å². The molecule has 1 saturated heterocycles. The average molecular weight is 1160 g/mol.